The molecule has 0 amide bonds. The SMILES string of the molecule is c1ccc(N(c2cccc3ccccc23)c2cccc3c2ccn3N(c2ccccc2)c2ccccc2)cc1. The number of fused-ring (bicyclic) bond motifs is 2. The first kappa shape index (κ1) is 22.9. The Hall–Kier alpha value is -5.28. The van der Waals surface area contributed by atoms with Crippen molar-refractivity contribution in [3.8, 4) is 0 Å². The van der Waals surface area contributed by atoms with E-state index in [0.29, 0.717) is 0 Å². The molecule has 39 heavy (non-hydrogen) atoms. The van der Waals surface area contributed by atoms with E-state index in [1.54, 1.807) is 0 Å². The minimum atomic E-state index is 1.10. The number of hydrogen-bond donors (Lipinski definition) is 0. The van der Waals surface area contributed by atoms with Gasteiger partial charge in [-0.15, -0.1) is 0 Å². The van der Waals surface area contributed by atoms with Crippen molar-refractivity contribution >= 4 is 50.1 Å². The molecule has 0 N–H and O–H groups in total. The minimum absolute atomic E-state index is 1.10. The molecular weight excluding hydrogens is 474 g/mol. The fourth-order valence-electron chi connectivity index (χ4n) is 5.43. The van der Waals surface area contributed by atoms with Crippen LogP contribution in [0.3, 0.4) is 0 Å². The van der Waals surface area contributed by atoms with Crippen LogP contribution in [0.5, 0.6) is 0 Å². The maximum absolute atomic E-state index is 2.38. The van der Waals surface area contributed by atoms with Crippen LogP contribution >= 0.6 is 0 Å². The minimum Gasteiger partial charge on any atom is -0.309 e. The van der Waals surface area contributed by atoms with Gasteiger partial charge in [-0.05, 0) is 66.0 Å². The third-order valence-electron chi connectivity index (χ3n) is 7.17. The lowest BCUT2D eigenvalue weighted by atomic mass is 10.1. The van der Waals surface area contributed by atoms with Gasteiger partial charge in [-0.1, -0.05) is 97.1 Å². The molecule has 0 saturated carbocycles. The van der Waals surface area contributed by atoms with E-state index in [2.05, 4.69) is 179 Å². The van der Waals surface area contributed by atoms with E-state index in [9.17, 15) is 0 Å². The Morgan fingerprint density at radius 3 is 1.56 bits per heavy atom. The molecule has 0 atom stereocenters. The van der Waals surface area contributed by atoms with Crippen LogP contribution in [0.4, 0.5) is 28.4 Å². The molecule has 7 rings (SSSR count). The first-order chi connectivity index (χ1) is 19.4. The number of nitrogens with zero attached hydrogens (tertiary/aromatic N) is 3. The Labute approximate surface area is 228 Å². The van der Waals surface area contributed by atoms with Crippen LogP contribution in [0.1, 0.15) is 0 Å². The molecule has 1 aromatic heterocycles. The van der Waals surface area contributed by atoms with Gasteiger partial charge in [0.05, 0.1) is 28.3 Å². The molecule has 0 spiro atoms. The third-order valence-corrected chi connectivity index (χ3v) is 7.17. The molecule has 186 valence electrons. The molecule has 6 aromatic carbocycles. The van der Waals surface area contributed by atoms with Gasteiger partial charge in [-0.2, -0.15) is 0 Å². The number of rotatable bonds is 6. The van der Waals surface area contributed by atoms with Gasteiger partial charge < -0.3 is 4.90 Å². The second kappa shape index (κ2) is 9.88. The predicted octanol–water partition coefficient (Wildman–Crippen LogP) is 9.87. The number of anilines is 5. The van der Waals surface area contributed by atoms with Crippen LogP contribution in [0.2, 0.25) is 0 Å². The highest BCUT2D eigenvalue weighted by atomic mass is 15.5. The molecule has 7 aromatic rings. The summed E-state index contributed by atoms with van der Waals surface area (Å²) in [6.45, 7) is 0. The van der Waals surface area contributed by atoms with E-state index in [4.69, 9.17) is 0 Å². The molecule has 0 fully saturated rings. The largest absolute Gasteiger partial charge is 0.309 e. The van der Waals surface area contributed by atoms with E-state index in [1.807, 2.05) is 0 Å². The maximum atomic E-state index is 2.38. The summed E-state index contributed by atoms with van der Waals surface area (Å²) in [4.78, 5) is 2.38. The van der Waals surface area contributed by atoms with E-state index in [0.717, 1.165) is 34.0 Å². The molecule has 0 radical (unpaired) electrons. The summed E-state index contributed by atoms with van der Waals surface area (Å²) < 4.78 is 2.25. The van der Waals surface area contributed by atoms with Gasteiger partial charge in [-0.3, -0.25) is 4.68 Å². The summed E-state index contributed by atoms with van der Waals surface area (Å²) in [6.07, 6.45) is 2.17. The fourth-order valence-corrected chi connectivity index (χ4v) is 5.43. The van der Waals surface area contributed by atoms with Crippen LogP contribution in [-0.2, 0) is 0 Å². The Morgan fingerprint density at radius 2 is 0.897 bits per heavy atom. The smallest absolute Gasteiger partial charge is 0.0723 e. The van der Waals surface area contributed by atoms with Crippen molar-refractivity contribution in [2.75, 3.05) is 9.91 Å². The van der Waals surface area contributed by atoms with Crippen molar-refractivity contribution in [2.45, 2.75) is 0 Å². The molecule has 0 unspecified atom stereocenters. The summed E-state index contributed by atoms with van der Waals surface area (Å²) >= 11 is 0. The van der Waals surface area contributed by atoms with Crippen molar-refractivity contribution in [2.24, 2.45) is 0 Å². The normalized spacial score (nSPS) is 11.1. The molecular formula is C36H27N3. The third kappa shape index (κ3) is 4.11. The van der Waals surface area contributed by atoms with Gasteiger partial charge in [0.15, 0.2) is 0 Å². The van der Waals surface area contributed by atoms with Crippen molar-refractivity contribution in [1.29, 1.82) is 0 Å². The zero-order valence-corrected chi connectivity index (χ0v) is 21.4. The molecule has 3 heteroatoms. The highest BCUT2D eigenvalue weighted by Gasteiger charge is 2.20. The molecule has 0 aliphatic rings. The van der Waals surface area contributed by atoms with Crippen molar-refractivity contribution in [1.82, 2.24) is 4.68 Å². The maximum Gasteiger partial charge on any atom is 0.0723 e. The van der Waals surface area contributed by atoms with Gasteiger partial charge in [0, 0.05) is 22.7 Å². The average Bonchev–Trinajstić information content (AvgIpc) is 3.44. The number of benzene rings is 6. The van der Waals surface area contributed by atoms with Crippen molar-refractivity contribution in [3.63, 3.8) is 0 Å². The first-order valence-corrected chi connectivity index (χ1v) is 13.2. The number of para-hydroxylation sites is 3. The van der Waals surface area contributed by atoms with Gasteiger partial charge in [-0.25, -0.2) is 5.01 Å². The number of aromatic nitrogens is 1. The van der Waals surface area contributed by atoms with Crippen LogP contribution in [0, 0.1) is 0 Å². The molecule has 0 aliphatic heterocycles. The lowest BCUT2D eigenvalue weighted by Crippen LogP contribution is -2.23. The zero-order chi connectivity index (χ0) is 26.0. The number of hydrogen-bond acceptors (Lipinski definition) is 2. The van der Waals surface area contributed by atoms with Crippen LogP contribution in [0.15, 0.2) is 164 Å². The lowest BCUT2D eigenvalue weighted by molar-refractivity contribution is 0.854. The lowest BCUT2D eigenvalue weighted by Gasteiger charge is -2.29. The highest BCUT2D eigenvalue weighted by molar-refractivity contribution is 6.04. The highest BCUT2D eigenvalue weighted by Crippen LogP contribution is 2.42. The second-order valence-electron chi connectivity index (χ2n) is 9.52. The van der Waals surface area contributed by atoms with Crippen LogP contribution < -0.4 is 9.91 Å². The van der Waals surface area contributed by atoms with Crippen molar-refractivity contribution < 1.29 is 0 Å². The Bertz CT molecular complexity index is 1810. The van der Waals surface area contributed by atoms with Crippen LogP contribution in [-0.4, -0.2) is 4.68 Å². The van der Waals surface area contributed by atoms with E-state index in [-0.39, 0.29) is 0 Å². The summed E-state index contributed by atoms with van der Waals surface area (Å²) in [5, 5.41) is 5.87. The van der Waals surface area contributed by atoms with Crippen LogP contribution in [0.25, 0.3) is 21.7 Å². The summed E-state index contributed by atoms with van der Waals surface area (Å²) in [7, 11) is 0. The topological polar surface area (TPSA) is 11.4 Å². The Kier molecular flexibility index (Phi) is 5.80. The monoisotopic (exact) mass is 501 g/mol. The molecule has 0 aliphatic carbocycles. The molecule has 0 bridgehead atoms. The van der Waals surface area contributed by atoms with Gasteiger partial charge >= 0.3 is 0 Å². The average molecular weight is 502 g/mol. The van der Waals surface area contributed by atoms with E-state index in [1.165, 1.54) is 16.2 Å². The molecule has 0 saturated heterocycles. The fraction of sp³-hybridized carbons (Fsp3) is 0. The summed E-state index contributed by atoms with van der Waals surface area (Å²) in [5.41, 5.74) is 6.73. The first-order valence-electron chi connectivity index (χ1n) is 13.2. The van der Waals surface area contributed by atoms with Gasteiger partial charge in [0.25, 0.3) is 0 Å². The van der Waals surface area contributed by atoms with Gasteiger partial charge in [0.2, 0.25) is 0 Å². The van der Waals surface area contributed by atoms with E-state index < -0.39 is 0 Å². The Balaban J connectivity index is 1.47. The zero-order valence-electron chi connectivity index (χ0n) is 21.4. The predicted molar refractivity (Wildman–Crippen MR) is 165 cm³/mol. The van der Waals surface area contributed by atoms with Crippen molar-refractivity contribution in [3.05, 3.63) is 164 Å². The van der Waals surface area contributed by atoms with E-state index >= 15 is 0 Å². The quantitative estimate of drug-likeness (QED) is 0.225. The molecule has 3 nitrogen and oxygen atoms in total. The Morgan fingerprint density at radius 1 is 0.385 bits per heavy atom. The standard InChI is InChI=1S/C36H27N3/c1-4-16-29(17-5-1)38(35-24-12-15-28-14-10-11-22-32(28)35)36-25-13-23-34-33(36)26-27-37(34)39(30-18-6-2-7-19-30)31-20-8-3-9-21-31/h1-27H. The van der Waals surface area contributed by atoms with Gasteiger partial charge in [0.1, 0.15) is 0 Å². The summed E-state index contributed by atoms with van der Waals surface area (Å²) in [6, 6.07) is 55.6. The summed E-state index contributed by atoms with van der Waals surface area (Å²) in [5.74, 6) is 0. The second-order valence-corrected chi connectivity index (χ2v) is 9.52. The molecule has 1 heterocycles.